The third-order valence-electron chi connectivity index (χ3n) is 5.22. The molecule has 1 aromatic heterocycles. The van der Waals surface area contributed by atoms with Crippen LogP contribution >= 0.6 is 0 Å². The standard InChI is InChI=1S/C22H25N3O4S/c1-28-16-18-5-9-19(10-6-18)22-23-21(29-24-22)15-17-7-11-20(12-8-17)30(26,27)25-13-3-2-4-14-25/h5-12H,2-4,13-16H2,1H3. The molecular weight excluding hydrogens is 402 g/mol. The predicted molar refractivity (Wildman–Crippen MR) is 112 cm³/mol. The predicted octanol–water partition coefficient (Wildman–Crippen LogP) is 3.65. The van der Waals surface area contributed by atoms with Crippen LogP contribution in [0.3, 0.4) is 0 Å². The molecule has 0 atom stereocenters. The zero-order chi connectivity index (χ0) is 21.0. The molecule has 0 unspecified atom stereocenters. The van der Waals surface area contributed by atoms with Crippen molar-refractivity contribution in [1.82, 2.24) is 14.4 Å². The van der Waals surface area contributed by atoms with E-state index in [1.54, 1.807) is 35.7 Å². The molecule has 4 rings (SSSR count). The Bertz CT molecular complexity index is 1070. The highest BCUT2D eigenvalue weighted by molar-refractivity contribution is 7.89. The van der Waals surface area contributed by atoms with Gasteiger partial charge in [0.15, 0.2) is 0 Å². The van der Waals surface area contributed by atoms with E-state index in [0.717, 1.165) is 36.0 Å². The third kappa shape index (κ3) is 4.61. The summed E-state index contributed by atoms with van der Waals surface area (Å²) in [5, 5.41) is 4.06. The lowest BCUT2D eigenvalue weighted by molar-refractivity contribution is 0.185. The molecule has 1 aliphatic rings. The maximum absolute atomic E-state index is 12.8. The number of ether oxygens (including phenoxy) is 1. The molecule has 7 nitrogen and oxygen atoms in total. The Hall–Kier alpha value is -2.55. The number of rotatable bonds is 7. The summed E-state index contributed by atoms with van der Waals surface area (Å²) in [6.45, 7) is 1.75. The van der Waals surface area contributed by atoms with Gasteiger partial charge in [-0.2, -0.15) is 9.29 Å². The van der Waals surface area contributed by atoms with Crippen LogP contribution < -0.4 is 0 Å². The highest BCUT2D eigenvalue weighted by atomic mass is 32.2. The average Bonchev–Trinajstić information content (AvgIpc) is 3.24. The molecule has 1 fully saturated rings. The van der Waals surface area contributed by atoms with Gasteiger partial charge in [0.2, 0.25) is 21.7 Å². The minimum Gasteiger partial charge on any atom is -0.380 e. The fourth-order valence-electron chi connectivity index (χ4n) is 3.57. The lowest BCUT2D eigenvalue weighted by Crippen LogP contribution is -2.35. The molecule has 0 N–H and O–H groups in total. The van der Waals surface area contributed by atoms with Crippen molar-refractivity contribution in [1.29, 1.82) is 0 Å². The molecule has 0 bridgehead atoms. The molecule has 1 aliphatic heterocycles. The van der Waals surface area contributed by atoms with Crippen LogP contribution in [0.1, 0.15) is 36.3 Å². The van der Waals surface area contributed by atoms with E-state index in [1.165, 1.54) is 0 Å². The molecule has 0 aliphatic carbocycles. The van der Waals surface area contributed by atoms with Gasteiger partial charge in [0, 0.05) is 25.8 Å². The van der Waals surface area contributed by atoms with E-state index in [-0.39, 0.29) is 0 Å². The van der Waals surface area contributed by atoms with Gasteiger partial charge < -0.3 is 9.26 Å². The summed E-state index contributed by atoms with van der Waals surface area (Å²) in [6, 6.07) is 14.7. The van der Waals surface area contributed by atoms with Gasteiger partial charge in [0.05, 0.1) is 17.9 Å². The van der Waals surface area contributed by atoms with Gasteiger partial charge >= 0.3 is 0 Å². The SMILES string of the molecule is COCc1ccc(-c2noc(Cc3ccc(S(=O)(=O)N4CCCCC4)cc3)n2)cc1. The quantitative estimate of drug-likeness (QED) is 0.572. The van der Waals surface area contributed by atoms with Crippen molar-refractivity contribution in [3.63, 3.8) is 0 Å². The second-order valence-electron chi connectivity index (χ2n) is 7.43. The molecular formula is C22H25N3O4S. The molecule has 8 heteroatoms. The first-order valence-corrected chi connectivity index (χ1v) is 11.5. The number of methoxy groups -OCH3 is 1. The Morgan fingerprint density at radius 3 is 2.30 bits per heavy atom. The molecule has 2 heterocycles. The largest absolute Gasteiger partial charge is 0.380 e. The van der Waals surface area contributed by atoms with Crippen LogP contribution in [-0.4, -0.2) is 43.1 Å². The molecule has 3 aromatic rings. The Balaban J connectivity index is 1.44. The smallest absolute Gasteiger partial charge is 0.243 e. The van der Waals surface area contributed by atoms with Crippen LogP contribution in [0.4, 0.5) is 0 Å². The van der Waals surface area contributed by atoms with Crippen molar-refractivity contribution >= 4 is 10.0 Å². The zero-order valence-electron chi connectivity index (χ0n) is 17.0. The van der Waals surface area contributed by atoms with Gasteiger partial charge in [-0.05, 0) is 36.1 Å². The lowest BCUT2D eigenvalue weighted by atomic mass is 10.1. The first-order chi connectivity index (χ1) is 14.6. The Morgan fingerprint density at radius 2 is 1.63 bits per heavy atom. The highest BCUT2D eigenvalue weighted by Gasteiger charge is 2.25. The Kier molecular flexibility index (Phi) is 6.26. The summed E-state index contributed by atoms with van der Waals surface area (Å²) in [5.41, 5.74) is 2.86. The monoisotopic (exact) mass is 427 g/mol. The van der Waals surface area contributed by atoms with Crippen molar-refractivity contribution in [3.05, 3.63) is 65.5 Å². The molecule has 0 radical (unpaired) electrons. The van der Waals surface area contributed by atoms with Crippen molar-refractivity contribution in [2.75, 3.05) is 20.2 Å². The van der Waals surface area contributed by atoms with E-state index in [2.05, 4.69) is 10.1 Å². The normalized spacial score (nSPS) is 15.4. The molecule has 158 valence electrons. The topological polar surface area (TPSA) is 85.5 Å². The number of piperidine rings is 1. The third-order valence-corrected chi connectivity index (χ3v) is 7.14. The summed E-state index contributed by atoms with van der Waals surface area (Å²) in [6.07, 6.45) is 3.38. The lowest BCUT2D eigenvalue weighted by Gasteiger charge is -2.25. The number of nitrogens with zero attached hydrogens (tertiary/aromatic N) is 3. The zero-order valence-corrected chi connectivity index (χ0v) is 17.8. The van der Waals surface area contributed by atoms with Gasteiger partial charge in [-0.25, -0.2) is 8.42 Å². The summed E-state index contributed by atoms with van der Waals surface area (Å²) in [7, 11) is -1.76. The summed E-state index contributed by atoms with van der Waals surface area (Å²) < 4.78 is 37.6. The molecule has 2 aromatic carbocycles. The van der Waals surface area contributed by atoms with Crippen molar-refractivity contribution < 1.29 is 17.7 Å². The number of sulfonamides is 1. The average molecular weight is 428 g/mol. The van der Waals surface area contributed by atoms with Crippen molar-refractivity contribution in [2.24, 2.45) is 0 Å². The van der Waals surface area contributed by atoms with E-state index in [1.807, 2.05) is 24.3 Å². The first-order valence-electron chi connectivity index (χ1n) is 10.1. The van der Waals surface area contributed by atoms with Crippen LogP contribution in [0, 0.1) is 0 Å². The molecule has 1 saturated heterocycles. The van der Waals surface area contributed by atoms with Crippen LogP contribution in [0.15, 0.2) is 57.9 Å². The van der Waals surface area contributed by atoms with Crippen molar-refractivity contribution in [3.8, 4) is 11.4 Å². The van der Waals surface area contributed by atoms with Crippen LogP contribution in [0.25, 0.3) is 11.4 Å². The fraction of sp³-hybridized carbons (Fsp3) is 0.364. The number of hydrogen-bond acceptors (Lipinski definition) is 6. The van der Waals surface area contributed by atoms with Crippen LogP contribution in [0.5, 0.6) is 0 Å². The van der Waals surface area contributed by atoms with E-state index < -0.39 is 10.0 Å². The summed E-state index contributed by atoms with van der Waals surface area (Å²) >= 11 is 0. The summed E-state index contributed by atoms with van der Waals surface area (Å²) in [5.74, 6) is 1.01. The Labute approximate surface area is 176 Å². The minimum atomic E-state index is -3.42. The number of benzene rings is 2. The second-order valence-corrected chi connectivity index (χ2v) is 9.37. The molecule has 30 heavy (non-hydrogen) atoms. The van der Waals surface area contributed by atoms with Gasteiger partial charge in [-0.15, -0.1) is 0 Å². The second kappa shape index (κ2) is 9.07. The van der Waals surface area contributed by atoms with Gasteiger partial charge in [0.1, 0.15) is 0 Å². The van der Waals surface area contributed by atoms with Gasteiger partial charge in [-0.3, -0.25) is 0 Å². The highest BCUT2D eigenvalue weighted by Crippen LogP contribution is 2.22. The summed E-state index contributed by atoms with van der Waals surface area (Å²) in [4.78, 5) is 4.79. The first kappa shape index (κ1) is 20.7. The fourth-order valence-corrected chi connectivity index (χ4v) is 5.09. The van der Waals surface area contributed by atoms with E-state index in [9.17, 15) is 8.42 Å². The molecule has 0 spiro atoms. The molecule has 0 amide bonds. The Morgan fingerprint density at radius 1 is 0.967 bits per heavy atom. The van der Waals surface area contributed by atoms with E-state index >= 15 is 0 Å². The van der Waals surface area contributed by atoms with Gasteiger partial charge in [-0.1, -0.05) is 48.0 Å². The van der Waals surface area contributed by atoms with Crippen molar-refractivity contribution in [2.45, 2.75) is 37.2 Å². The van der Waals surface area contributed by atoms with Gasteiger partial charge in [0.25, 0.3) is 0 Å². The maximum Gasteiger partial charge on any atom is 0.243 e. The number of hydrogen-bond donors (Lipinski definition) is 0. The van der Waals surface area contributed by atoms with Crippen LogP contribution in [0.2, 0.25) is 0 Å². The van der Waals surface area contributed by atoms with Crippen LogP contribution in [-0.2, 0) is 27.8 Å². The number of aromatic nitrogens is 2. The maximum atomic E-state index is 12.8. The molecule has 0 saturated carbocycles. The van der Waals surface area contributed by atoms with E-state index in [4.69, 9.17) is 9.26 Å². The van der Waals surface area contributed by atoms with E-state index in [0.29, 0.717) is 42.7 Å². The minimum absolute atomic E-state index is 0.329.